The Bertz CT molecular complexity index is 1010. The molecule has 2 aliphatic heterocycles. The van der Waals surface area contributed by atoms with Gasteiger partial charge < -0.3 is 24.4 Å². The fourth-order valence-corrected chi connectivity index (χ4v) is 3.37. The quantitative estimate of drug-likeness (QED) is 0.307. The third-order valence-electron chi connectivity index (χ3n) is 7.06. The lowest BCUT2D eigenvalue weighted by atomic mass is 9.79. The lowest BCUT2D eigenvalue weighted by molar-refractivity contribution is 0.00578. The van der Waals surface area contributed by atoms with Crippen molar-refractivity contribution in [2.75, 3.05) is 5.73 Å². The van der Waals surface area contributed by atoms with Gasteiger partial charge in [-0.15, -0.1) is 0 Å². The largest absolute Gasteiger partial charge is 0.494 e. The van der Waals surface area contributed by atoms with Gasteiger partial charge in [-0.3, -0.25) is 0 Å². The summed E-state index contributed by atoms with van der Waals surface area (Å²) in [4.78, 5) is 13.7. The molecule has 2 heterocycles. The highest BCUT2D eigenvalue weighted by atomic mass is 16.7. The van der Waals surface area contributed by atoms with E-state index < -0.39 is 0 Å². The van der Waals surface area contributed by atoms with Gasteiger partial charge in [-0.05, 0) is 90.6 Å². The van der Waals surface area contributed by atoms with E-state index in [1.54, 1.807) is 12.1 Å². The molecule has 0 spiro atoms. The molecule has 0 radical (unpaired) electrons. The maximum absolute atomic E-state index is 10.1. The summed E-state index contributed by atoms with van der Waals surface area (Å²) in [5.41, 5.74) is 7.61. The van der Waals surface area contributed by atoms with Gasteiger partial charge in [-0.1, -0.05) is 31.7 Å². The minimum atomic E-state index is -0.385. The summed E-state index contributed by atoms with van der Waals surface area (Å²) >= 11 is 0. The number of hydrogen-bond donors (Lipinski definition) is 1. The molecule has 0 aliphatic carbocycles. The van der Waals surface area contributed by atoms with Gasteiger partial charge in [-0.25, -0.2) is 4.79 Å². The first-order valence-electron chi connectivity index (χ1n) is 11.4. The highest BCUT2D eigenvalue weighted by molar-refractivity contribution is 6.62. The molecule has 2 saturated heterocycles. The van der Waals surface area contributed by atoms with Gasteiger partial charge in [-0.2, -0.15) is 4.99 Å². The molecule has 0 amide bonds. The molecule has 0 aromatic heterocycles. The van der Waals surface area contributed by atoms with Crippen LogP contribution in [0.2, 0.25) is 0 Å². The Hall–Kier alpha value is -2.41. The first kappa shape index (κ1) is 28.8. The van der Waals surface area contributed by atoms with E-state index in [1.807, 2.05) is 91.8 Å². The van der Waals surface area contributed by atoms with Crippen molar-refractivity contribution in [1.82, 2.24) is 0 Å². The average Bonchev–Trinajstić information content (AvgIpc) is 3.09. The molecule has 0 unspecified atom stereocenters. The summed E-state index contributed by atoms with van der Waals surface area (Å²) in [6, 6.07) is 14.8. The van der Waals surface area contributed by atoms with Crippen LogP contribution in [0.15, 0.2) is 53.5 Å². The van der Waals surface area contributed by atoms with Gasteiger partial charge in [0.25, 0.3) is 0 Å². The molecule has 2 aromatic carbocycles. The van der Waals surface area contributed by atoms with E-state index in [1.165, 1.54) is 6.08 Å². The van der Waals surface area contributed by atoms with Crippen molar-refractivity contribution in [3.05, 3.63) is 48.5 Å². The predicted molar refractivity (Wildman–Crippen MR) is 143 cm³/mol. The van der Waals surface area contributed by atoms with E-state index in [0.29, 0.717) is 5.69 Å². The van der Waals surface area contributed by atoms with Gasteiger partial charge in [0.1, 0.15) is 0 Å². The summed E-state index contributed by atoms with van der Waals surface area (Å²) < 4.78 is 23.7. The molecule has 0 saturated carbocycles. The normalized spacial score (nSPS) is 20.8. The molecule has 2 aliphatic rings. The van der Waals surface area contributed by atoms with Gasteiger partial charge in [0.05, 0.1) is 28.1 Å². The highest BCUT2D eigenvalue weighted by Crippen LogP contribution is 2.37. The second-order valence-corrected chi connectivity index (χ2v) is 10.6. The Morgan fingerprint density at radius 1 is 0.657 bits per heavy atom. The van der Waals surface area contributed by atoms with Crippen LogP contribution in [0.1, 0.15) is 62.8 Å². The Morgan fingerprint density at radius 2 is 0.971 bits per heavy atom. The van der Waals surface area contributed by atoms with Crippen LogP contribution in [0.4, 0.5) is 11.4 Å². The summed E-state index contributed by atoms with van der Waals surface area (Å²) in [5, 5.41) is 0. The van der Waals surface area contributed by atoms with E-state index in [9.17, 15) is 4.79 Å². The van der Waals surface area contributed by atoms with E-state index in [0.717, 1.165) is 16.6 Å². The lowest BCUT2D eigenvalue weighted by Crippen LogP contribution is -2.41. The second kappa shape index (κ2) is 10.3. The monoisotopic (exact) mass is 480 g/mol. The van der Waals surface area contributed by atoms with Crippen LogP contribution in [-0.2, 0) is 23.4 Å². The third-order valence-corrected chi connectivity index (χ3v) is 7.06. The summed E-state index contributed by atoms with van der Waals surface area (Å²) in [5.74, 6) is 0. The van der Waals surface area contributed by atoms with E-state index in [2.05, 4.69) is 4.99 Å². The molecule has 9 heteroatoms. The minimum absolute atomic E-state index is 0. The number of nitrogens with two attached hydrogens (primary N) is 1. The second-order valence-electron chi connectivity index (χ2n) is 10.6. The van der Waals surface area contributed by atoms with E-state index >= 15 is 0 Å². The summed E-state index contributed by atoms with van der Waals surface area (Å²) in [6.07, 6.45) is 1.51. The lowest BCUT2D eigenvalue weighted by Gasteiger charge is -2.32. The van der Waals surface area contributed by atoms with Crippen LogP contribution in [0, 0.1) is 0 Å². The molecule has 35 heavy (non-hydrogen) atoms. The minimum Gasteiger partial charge on any atom is -0.399 e. The number of nitrogen functional groups attached to an aromatic ring is 1. The third kappa shape index (κ3) is 6.24. The maximum atomic E-state index is 10.1. The highest BCUT2D eigenvalue weighted by Gasteiger charge is 2.52. The van der Waals surface area contributed by atoms with Crippen molar-refractivity contribution in [3.63, 3.8) is 0 Å². The topological polar surface area (TPSA) is 92.4 Å². The first-order valence-corrected chi connectivity index (χ1v) is 11.4. The van der Waals surface area contributed by atoms with Crippen LogP contribution in [-0.4, -0.2) is 42.7 Å². The number of aliphatic imine (C=N–C) groups is 1. The van der Waals surface area contributed by atoms with Gasteiger partial charge in [0.2, 0.25) is 6.08 Å². The van der Waals surface area contributed by atoms with Gasteiger partial charge in [0, 0.05) is 5.69 Å². The zero-order valence-corrected chi connectivity index (χ0v) is 21.3. The van der Waals surface area contributed by atoms with Crippen LogP contribution < -0.4 is 16.7 Å². The molecule has 0 atom stereocenters. The van der Waals surface area contributed by atoms with Crippen molar-refractivity contribution in [1.29, 1.82) is 0 Å². The van der Waals surface area contributed by atoms with Gasteiger partial charge in [0.15, 0.2) is 0 Å². The summed E-state index contributed by atoms with van der Waals surface area (Å²) in [6.45, 7) is 16.2. The van der Waals surface area contributed by atoms with Crippen LogP contribution >= 0.6 is 0 Å². The number of rotatable bonds is 3. The Kier molecular flexibility index (Phi) is 8.48. The van der Waals surface area contributed by atoms with Crippen molar-refractivity contribution >= 4 is 42.6 Å². The predicted octanol–water partition coefficient (Wildman–Crippen LogP) is 4.16. The number of anilines is 1. The zero-order valence-electron chi connectivity index (χ0n) is 21.3. The number of isocyanates is 1. The number of hydrogen-bond acceptors (Lipinski definition) is 7. The number of benzene rings is 2. The Balaban J connectivity index is 0.000000241. The number of carbonyl (C=O) groups excluding carboxylic acids is 1. The van der Waals surface area contributed by atoms with E-state index in [4.69, 9.17) is 24.4 Å². The van der Waals surface area contributed by atoms with Gasteiger partial charge >= 0.3 is 14.2 Å². The molecule has 2 aromatic rings. The van der Waals surface area contributed by atoms with Crippen LogP contribution in [0.25, 0.3) is 0 Å². The summed E-state index contributed by atoms with van der Waals surface area (Å²) in [7, 11) is -0.685. The fourth-order valence-electron chi connectivity index (χ4n) is 3.37. The number of nitrogens with zero attached hydrogens (tertiary/aromatic N) is 1. The fraction of sp³-hybridized carbons (Fsp3) is 0.500. The molecule has 2 N–H and O–H groups in total. The maximum Gasteiger partial charge on any atom is 0.494 e. The zero-order chi connectivity index (χ0) is 25.4. The molecular formula is C26H38B2N2O5. The van der Waals surface area contributed by atoms with Crippen LogP contribution in [0.3, 0.4) is 0 Å². The van der Waals surface area contributed by atoms with Crippen molar-refractivity contribution in [2.24, 2.45) is 4.99 Å². The molecular weight excluding hydrogens is 442 g/mol. The molecule has 188 valence electrons. The Labute approximate surface area is 210 Å². The standard InChI is InChI=1S/C13H16BNO3.C12H18BNO2.CH4/c1-12(2)13(3,4)18-14(17-12)10-5-7-11(8-6-10)15-9-16;1-11(2)12(3,4)16-13(15-11)9-5-7-10(14)8-6-9;/h5-8H,1-4H3;5-8H,14H2,1-4H3;1H4. The Morgan fingerprint density at radius 3 is 1.29 bits per heavy atom. The average molecular weight is 480 g/mol. The molecule has 0 bridgehead atoms. The molecule has 2 fully saturated rings. The van der Waals surface area contributed by atoms with E-state index in [-0.39, 0.29) is 44.1 Å². The molecule has 7 nitrogen and oxygen atoms in total. The smallest absolute Gasteiger partial charge is 0.399 e. The first-order chi connectivity index (χ1) is 15.7. The van der Waals surface area contributed by atoms with Crippen molar-refractivity contribution < 1.29 is 23.4 Å². The van der Waals surface area contributed by atoms with Crippen LogP contribution in [0.5, 0.6) is 0 Å². The van der Waals surface area contributed by atoms with Crippen molar-refractivity contribution in [2.45, 2.75) is 85.2 Å². The SMILES string of the molecule is C.CC1(C)OB(c2ccc(N)cc2)OC1(C)C.CC1(C)OB(c2ccc(N=C=O)cc2)OC1(C)C. The molecule has 4 rings (SSSR count). The van der Waals surface area contributed by atoms with Crippen molar-refractivity contribution in [3.8, 4) is 0 Å².